The molecule has 0 aliphatic carbocycles. The van der Waals surface area contributed by atoms with Gasteiger partial charge in [0.15, 0.2) is 0 Å². The second-order valence-corrected chi connectivity index (χ2v) is 6.01. The van der Waals surface area contributed by atoms with E-state index < -0.39 is 0 Å². The summed E-state index contributed by atoms with van der Waals surface area (Å²) in [4.78, 5) is 34.6. The van der Waals surface area contributed by atoms with E-state index in [0.717, 1.165) is 17.5 Å². The van der Waals surface area contributed by atoms with Gasteiger partial charge in [-0.05, 0) is 31.0 Å². The van der Waals surface area contributed by atoms with E-state index in [1.807, 2.05) is 12.1 Å². The number of aromatic nitrogens is 5. The van der Waals surface area contributed by atoms with E-state index in [4.69, 9.17) is 4.52 Å². The van der Waals surface area contributed by atoms with E-state index in [0.29, 0.717) is 24.0 Å². The second kappa shape index (κ2) is 6.51. The maximum absolute atomic E-state index is 12.8. The molecule has 0 N–H and O–H groups in total. The number of hydrogen-bond acceptors (Lipinski definition) is 7. The maximum Gasteiger partial charge on any atom is 0.274 e. The van der Waals surface area contributed by atoms with Gasteiger partial charge in [-0.3, -0.25) is 14.6 Å². The number of carbonyl (C=O) groups excluding carboxylic acids is 1. The van der Waals surface area contributed by atoms with E-state index in [9.17, 15) is 9.59 Å². The Bertz CT molecular complexity index is 997. The molecule has 132 valence electrons. The third kappa shape index (κ3) is 2.87. The number of carbonyl (C=O) groups is 1. The molecular weight excluding hydrogens is 336 g/mol. The van der Waals surface area contributed by atoms with Gasteiger partial charge < -0.3 is 9.42 Å². The van der Waals surface area contributed by atoms with Gasteiger partial charge in [0.05, 0.1) is 0 Å². The van der Waals surface area contributed by atoms with E-state index in [2.05, 4.69) is 20.2 Å². The number of aryl methyl sites for hydroxylation is 1. The SMILES string of the molecule is Cn1nc(C(=O)N2CCC[C@@H]2c2nc(-c3ccccn3)no2)ccc1=O. The lowest BCUT2D eigenvalue weighted by molar-refractivity contribution is 0.0701. The zero-order chi connectivity index (χ0) is 18.1. The third-order valence-electron chi connectivity index (χ3n) is 4.31. The highest BCUT2D eigenvalue weighted by molar-refractivity contribution is 5.92. The van der Waals surface area contributed by atoms with Gasteiger partial charge in [-0.1, -0.05) is 11.2 Å². The smallest absolute Gasteiger partial charge is 0.274 e. The number of nitrogens with zero attached hydrogens (tertiary/aromatic N) is 6. The first-order chi connectivity index (χ1) is 12.6. The number of hydrogen-bond donors (Lipinski definition) is 0. The molecule has 1 atom stereocenters. The van der Waals surface area contributed by atoms with Crippen LogP contribution >= 0.6 is 0 Å². The molecule has 0 bridgehead atoms. The highest BCUT2D eigenvalue weighted by Gasteiger charge is 2.35. The second-order valence-electron chi connectivity index (χ2n) is 6.01. The summed E-state index contributed by atoms with van der Waals surface area (Å²) >= 11 is 0. The third-order valence-corrected chi connectivity index (χ3v) is 4.31. The van der Waals surface area contributed by atoms with Crippen LogP contribution in [0.5, 0.6) is 0 Å². The average molecular weight is 352 g/mol. The predicted molar refractivity (Wildman–Crippen MR) is 90.0 cm³/mol. The summed E-state index contributed by atoms with van der Waals surface area (Å²) in [6.45, 7) is 0.565. The molecule has 3 aromatic heterocycles. The van der Waals surface area contributed by atoms with Crippen LogP contribution < -0.4 is 5.56 Å². The van der Waals surface area contributed by atoms with Crippen LogP contribution in [0.15, 0.2) is 45.8 Å². The van der Waals surface area contributed by atoms with Gasteiger partial charge in [0, 0.05) is 25.9 Å². The number of pyridine rings is 1. The molecule has 4 rings (SSSR count). The largest absolute Gasteiger partial charge is 0.337 e. The molecule has 1 aliphatic rings. The summed E-state index contributed by atoms with van der Waals surface area (Å²) in [6, 6.07) is 7.90. The van der Waals surface area contributed by atoms with Gasteiger partial charge >= 0.3 is 0 Å². The molecule has 1 aliphatic heterocycles. The van der Waals surface area contributed by atoms with Crippen molar-refractivity contribution in [3.63, 3.8) is 0 Å². The molecule has 9 heteroatoms. The molecular formula is C17H16N6O3. The van der Waals surface area contributed by atoms with Crippen LogP contribution in [-0.2, 0) is 7.05 Å². The van der Waals surface area contributed by atoms with Crippen LogP contribution in [0.25, 0.3) is 11.5 Å². The summed E-state index contributed by atoms with van der Waals surface area (Å²) in [7, 11) is 1.51. The molecule has 26 heavy (non-hydrogen) atoms. The monoisotopic (exact) mass is 352 g/mol. The van der Waals surface area contributed by atoms with Crippen LogP contribution in [-0.4, -0.2) is 42.3 Å². The molecule has 3 aromatic rings. The highest BCUT2D eigenvalue weighted by atomic mass is 16.5. The Hall–Kier alpha value is -3.36. The first-order valence-corrected chi connectivity index (χ1v) is 8.24. The molecule has 0 aromatic carbocycles. The summed E-state index contributed by atoms with van der Waals surface area (Å²) < 4.78 is 6.53. The molecule has 4 heterocycles. The van der Waals surface area contributed by atoms with Crippen molar-refractivity contribution in [1.29, 1.82) is 0 Å². The lowest BCUT2D eigenvalue weighted by Crippen LogP contribution is -2.33. The van der Waals surface area contributed by atoms with Gasteiger partial charge in [-0.2, -0.15) is 10.1 Å². The molecule has 0 unspecified atom stereocenters. The van der Waals surface area contributed by atoms with Crippen molar-refractivity contribution in [1.82, 2.24) is 29.8 Å². The normalized spacial score (nSPS) is 16.8. The quantitative estimate of drug-likeness (QED) is 0.697. The van der Waals surface area contributed by atoms with Crippen molar-refractivity contribution in [2.24, 2.45) is 7.05 Å². The molecule has 9 nitrogen and oxygen atoms in total. The van der Waals surface area contributed by atoms with Crippen molar-refractivity contribution in [2.75, 3.05) is 6.54 Å². The van der Waals surface area contributed by atoms with E-state index in [1.54, 1.807) is 17.2 Å². The van der Waals surface area contributed by atoms with Gasteiger partial charge in [-0.25, -0.2) is 4.68 Å². The maximum atomic E-state index is 12.8. The van der Waals surface area contributed by atoms with Crippen molar-refractivity contribution in [3.05, 3.63) is 58.5 Å². The minimum atomic E-state index is -0.313. The number of rotatable bonds is 3. The summed E-state index contributed by atoms with van der Waals surface area (Å²) in [5.41, 5.74) is 0.554. The molecule has 1 fully saturated rings. The Balaban J connectivity index is 1.60. The fourth-order valence-corrected chi connectivity index (χ4v) is 3.00. The van der Waals surface area contributed by atoms with Gasteiger partial charge in [0.25, 0.3) is 11.5 Å². The first kappa shape index (κ1) is 16.1. The standard InChI is InChI=1S/C17H16N6O3/c1-22-14(24)8-7-12(20-22)17(25)23-10-4-6-13(23)16-19-15(21-26-16)11-5-2-3-9-18-11/h2-3,5,7-9,13H,4,6,10H2,1H3/t13-/m1/s1. The average Bonchev–Trinajstić information content (AvgIpc) is 3.33. The van der Waals surface area contributed by atoms with E-state index in [-0.39, 0.29) is 23.2 Å². The van der Waals surface area contributed by atoms with Crippen LogP contribution in [0.1, 0.15) is 35.3 Å². The van der Waals surface area contributed by atoms with Crippen molar-refractivity contribution < 1.29 is 9.32 Å². The van der Waals surface area contributed by atoms with E-state index in [1.165, 1.54) is 19.2 Å². The summed E-state index contributed by atoms with van der Waals surface area (Å²) in [5.74, 6) is 0.502. The fraction of sp³-hybridized carbons (Fsp3) is 0.294. The minimum Gasteiger partial charge on any atom is -0.337 e. The fourth-order valence-electron chi connectivity index (χ4n) is 3.00. The topological polar surface area (TPSA) is 107 Å². The molecule has 1 saturated heterocycles. The number of amides is 1. The summed E-state index contributed by atoms with van der Waals surface area (Å²) in [5, 5.41) is 8.01. The Labute approximate surface area is 148 Å². The Morgan fingerprint density at radius 1 is 1.27 bits per heavy atom. The molecule has 0 radical (unpaired) electrons. The van der Waals surface area contributed by atoms with Crippen LogP contribution in [0.2, 0.25) is 0 Å². The van der Waals surface area contributed by atoms with Crippen LogP contribution in [0, 0.1) is 0 Å². The molecule has 0 spiro atoms. The molecule has 1 amide bonds. The zero-order valence-corrected chi connectivity index (χ0v) is 14.1. The Morgan fingerprint density at radius 3 is 2.92 bits per heavy atom. The van der Waals surface area contributed by atoms with Crippen LogP contribution in [0.3, 0.4) is 0 Å². The van der Waals surface area contributed by atoms with E-state index >= 15 is 0 Å². The Kier molecular flexibility index (Phi) is 4.04. The number of likely N-dealkylation sites (tertiary alicyclic amines) is 1. The first-order valence-electron chi connectivity index (χ1n) is 8.24. The van der Waals surface area contributed by atoms with Crippen molar-refractivity contribution >= 4 is 5.91 Å². The lowest BCUT2D eigenvalue weighted by Gasteiger charge is -2.21. The zero-order valence-electron chi connectivity index (χ0n) is 14.1. The van der Waals surface area contributed by atoms with Gasteiger partial charge in [-0.15, -0.1) is 0 Å². The minimum absolute atomic E-state index is 0.212. The van der Waals surface area contributed by atoms with Crippen molar-refractivity contribution in [3.8, 4) is 11.5 Å². The Morgan fingerprint density at radius 2 is 2.15 bits per heavy atom. The lowest BCUT2D eigenvalue weighted by atomic mass is 10.2. The van der Waals surface area contributed by atoms with Crippen molar-refractivity contribution in [2.45, 2.75) is 18.9 Å². The predicted octanol–water partition coefficient (Wildman–Crippen LogP) is 1.20. The highest BCUT2D eigenvalue weighted by Crippen LogP contribution is 2.32. The van der Waals surface area contributed by atoms with Gasteiger partial charge in [0.1, 0.15) is 17.4 Å². The van der Waals surface area contributed by atoms with Gasteiger partial charge in [0.2, 0.25) is 11.7 Å². The molecule has 0 saturated carbocycles. The summed E-state index contributed by atoms with van der Waals surface area (Å²) in [6.07, 6.45) is 3.20. The van der Waals surface area contributed by atoms with Crippen LogP contribution in [0.4, 0.5) is 0 Å².